The monoisotopic (exact) mass is 318 g/mol. The van der Waals surface area contributed by atoms with Crippen LogP contribution in [0.3, 0.4) is 0 Å². The minimum absolute atomic E-state index is 0.125. The van der Waals surface area contributed by atoms with E-state index in [2.05, 4.69) is 0 Å². The number of ether oxygens (including phenoxy) is 1. The number of aryl methyl sites for hydroxylation is 1. The average Bonchev–Trinajstić information content (AvgIpc) is 2.89. The van der Waals surface area contributed by atoms with Gasteiger partial charge in [-0.2, -0.15) is 4.31 Å². The summed E-state index contributed by atoms with van der Waals surface area (Å²) in [5.41, 5.74) is 6.28. The van der Waals surface area contributed by atoms with Crippen LogP contribution in [0.15, 0.2) is 17.0 Å². The number of benzene rings is 1. The van der Waals surface area contributed by atoms with Crippen molar-refractivity contribution in [1.29, 1.82) is 0 Å². The third kappa shape index (κ3) is 2.65. The van der Waals surface area contributed by atoms with Gasteiger partial charge < -0.3 is 10.5 Å². The Morgan fingerprint density at radius 2 is 2.20 bits per heavy atom. The topological polar surface area (TPSA) is 72.6 Å². The molecular weight excluding hydrogens is 300 g/mol. The van der Waals surface area contributed by atoms with Gasteiger partial charge in [-0.15, -0.1) is 0 Å². The first kappa shape index (κ1) is 15.6. The lowest BCUT2D eigenvalue weighted by Crippen LogP contribution is -2.40. The maximum Gasteiger partial charge on any atom is 0.243 e. The Hall–Kier alpha value is -0.820. The van der Waals surface area contributed by atoms with E-state index < -0.39 is 10.0 Å². The van der Waals surface area contributed by atoms with Crippen molar-refractivity contribution in [3.63, 3.8) is 0 Å². The highest BCUT2D eigenvalue weighted by atomic mass is 35.5. The van der Waals surface area contributed by atoms with Crippen LogP contribution in [0.2, 0.25) is 5.02 Å². The minimum atomic E-state index is -3.56. The molecule has 5 nitrogen and oxygen atoms in total. The Labute approximate surface area is 124 Å². The van der Waals surface area contributed by atoms with Gasteiger partial charge in [-0.3, -0.25) is 0 Å². The predicted molar refractivity (Wildman–Crippen MR) is 78.7 cm³/mol. The van der Waals surface area contributed by atoms with Gasteiger partial charge in [0.05, 0.1) is 17.0 Å². The van der Waals surface area contributed by atoms with Crippen molar-refractivity contribution in [3.8, 4) is 5.75 Å². The van der Waals surface area contributed by atoms with Gasteiger partial charge in [-0.25, -0.2) is 8.42 Å². The van der Waals surface area contributed by atoms with E-state index >= 15 is 0 Å². The molecule has 0 aliphatic carbocycles. The van der Waals surface area contributed by atoms with Gasteiger partial charge >= 0.3 is 0 Å². The van der Waals surface area contributed by atoms with E-state index in [-0.39, 0.29) is 10.9 Å². The Bertz CT molecular complexity index is 604. The summed E-state index contributed by atoms with van der Waals surface area (Å²) in [7, 11) is -2.07. The fourth-order valence-electron chi connectivity index (χ4n) is 2.56. The van der Waals surface area contributed by atoms with E-state index in [9.17, 15) is 8.42 Å². The average molecular weight is 319 g/mol. The zero-order valence-electron chi connectivity index (χ0n) is 11.6. The summed E-state index contributed by atoms with van der Waals surface area (Å²) in [5.74, 6) is 0.472. The van der Waals surface area contributed by atoms with Crippen molar-refractivity contribution in [2.24, 2.45) is 5.73 Å². The molecule has 1 heterocycles. The first-order chi connectivity index (χ1) is 9.41. The first-order valence-electron chi connectivity index (χ1n) is 6.48. The normalized spacial score (nSPS) is 20.3. The molecule has 0 bridgehead atoms. The highest BCUT2D eigenvalue weighted by molar-refractivity contribution is 7.89. The summed E-state index contributed by atoms with van der Waals surface area (Å²) in [5, 5.41) is 0.292. The molecule has 20 heavy (non-hydrogen) atoms. The van der Waals surface area contributed by atoms with Crippen LogP contribution in [0.25, 0.3) is 0 Å². The molecule has 1 aliphatic rings. The molecule has 0 spiro atoms. The molecule has 1 saturated heterocycles. The SMILES string of the molecule is COc1cc(C)c(S(=O)(=O)N2CCCC2CN)cc1Cl. The summed E-state index contributed by atoms with van der Waals surface area (Å²) in [4.78, 5) is 0.226. The molecule has 0 aromatic heterocycles. The number of sulfonamides is 1. The van der Waals surface area contributed by atoms with Crippen molar-refractivity contribution in [2.45, 2.75) is 30.7 Å². The number of halogens is 1. The molecule has 1 aromatic carbocycles. The van der Waals surface area contributed by atoms with Crippen molar-refractivity contribution >= 4 is 21.6 Å². The lowest BCUT2D eigenvalue weighted by Gasteiger charge is -2.24. The summed E-state index contributed by atoms with van der Waals surface area (Å²) in [6.45, 7) is 2.58. The second-order valence-corrected chi connectivity index (χ2v) is 7.17. The molecular formula is C13H19ClN2O3S. The fraction of sp³-hybridized carbons (Fsp3) is 0.538. The lowest BCUT2D eigenvalue weighted by molar-refractivity contribution is 0.392. The highest BCUT2D eigenvalue weighted by Crippen LogP contribution is 2.33. The largest absolute Gasteiger partial charge is 0.495 e. The van der Waals surface area contributed by atoms with Gasteiger partial charge in [0.25, 0.3) is 0 Å². The number of hydrogen-bond acceptors (Lipinski definition) is 4. The summed E-state index contributed by atoms with van der Waals surface area (Å²) in [6, 6.07) is 2.97. The third-order valence-electron chi connectivity index (χ3n) is 3.63. The van der Waals surface area contributed by atoms with Crippen LogP contribution in [-0.2, 0) is 10.0 Å². The van der Waals surface area contributed by atoms with Gasteiger partial charge in [0.2, 0.25) is 10.0 Å². The maximum atomic E-state index is 12.7. The van der Waals surface area contributed by atoms with Crippen LogP contribution >= 0.6 is 11.6 Å². The molecule has 0 radical (unpaired) electrons. The molecule has 2 rings (SSSR count). The van der Waals surface area contributed by atoms with Crippen molar-refractivity contribution in [3.05, 3.63) is 22.7 Å². The molecule has 112 valence electrons. The molecule has 1 unspecified atom stereocenters. The van der Waals surface area contributed by atoms with E-state index in [0.29, 0.717) is 29.4 Å². The Morgan fingerprint density at radius 3 is 2.80 bits per heavy atom. The third-order valence-corrected chi connectivity index (χ3v) is 6.02. The number of nitrogens with two attached hydrogens (primary N) is 1. The molecule has 1 aliphatic heterocycles. The zero-order chi connectivity index (χ0) is 14.9. The van der Waals surface area contributed by atoms with Gasteiger partial charge in [0.1, 0.15) is 5.75 Å². The maximum absolute atomic E-state index is 12.7. The Balaban J connectivity index is 2.47. The highest BCUT2D eigenvalue weighted by Gasteiger charge is 2.35. The fourth-order valence-corrected chi connectivity index (χ4v) is 4.80. The van der Waals surface area contributed by atoms with E-state index in [0.717, 1.165) is 12.8 Å². The van der Waals surface area contributed by atoms with E-state index in [1.807, 2.05) is 0 Å². The molecule has 0 saturated carbocycles. The first-order valence-corrected chi connectivity index (χ1v) is 8.29. The van der Waals surface area contributed by atoms with Gasteiger partial charge in [0, 0.05) is 19.1 Å². The van der Waals surface area contributed by atoms with Crippen molar-refractivity contribution in [2.75, 3.05) is 20.2 Å². The van der Waals surface area contributed by atoms with Crippen LogP contribution in [0.5, 0.6) is 5.75 Å². The van der Waals surface area contributed by atoms with Crippen molar-refractivity contribution in [1.82, 2.24) is 4.31 Å². The number of nitrogens with zero attached hydrogens (tertiary/aromatic N) is 1. The molecule has 1 atom stereocenters. The van der Waals surface area contributed by atoms with Gasteiger partial charge in [-0.1, -0.05) is 11.6 Å². The smallest absolute Gasteiger partial charge is 0.243 e. The molecule has 1 fully saturated rings. The van der Waals surface area contributed by atoms with Crippen LogP contribution in [0, 0.1) is 6.92 Å². The van der Waals surface area contributed by atoms with Gasteiger partial charge in [0.15, 0.2) is 0 Å². The lowest BCUT2D eigenvalue weighted by atomic mass is 10.2. The van der Waals surface area contributed by atoms with Crippen LogP contribution < -0.4 is 10.5 Å². The zero-order valence-corrected chi connectivity index (χ0v) is 13.2. The number of hydrogen-bond donors (Lipinski definition) is 1. The second kappa shape index (κ2) is 5.89. The molecule has 1 aromatic rings. The quantitative estimate of drug-likeness (QED) is 0.918. The van der Waals surface area contributed by atoms with E-state index in [4.69, 9.17) is 22.1 Å². The molecule has 0 amide bonds. The second-order valence-electron chi connectivity index (χ2n) is 4.90. The standard InChI is InChI=1S/C13H19ClN2O3S/c1-9-6-12(19-2)11(14)7-13(9)20(17,18)16-5-3-4-10(16)8-15/h6-7,10H,3-5,8,15H2,1-2H3. The molecule has 7 heteroatoms. The summed E-state index contributed by atoms with van der Waals surface area (Å²) < 4.78 is 32.1. The number of methoxy groups -OCH3 is 1. The van der Waals surface area contributed by atoms with Crippen LogP contribution in [-0.4, -0.2) is 39.0 Å². The Morgan fingerprint density at radius 1 is 1.50 bits per heavy atom. The van der Waals surface area contributed by atoms with Crippen molar-refractivity contribution < 1.29 is 13.2 Å². The summed E-state index contributed by atoms with van der Waals surface area (Å²) in [6.07, 6.45) is 1.64. The predicted octanol–water partition coefficient (Wildman–Crippen LogP) is 1.77. The summed E-state index contributed by atoms with van der Waals surface area (Å²) >= 11 is 6.05. The number of rotatable bonds is 4. The minimum Gasteiger partial charge on any atom is -0.495 e. The molecule has 2 N–H and O–H groups in total. The van der Waals surface area contributed by atoms with Crippen LogP contribution in [0.4, 0.5) is 0 Å². The Kier molecular flexibility index (Phi) is 4.59. The van der Waals surface area contributed by atoms with E-state index in [1.165, 1.54) is 17.5 Å². The van der Waals surface area contributed by atoms with Gasteiger partial charge in [-0.05, 0) is 37.5 Å². The van der Waals surface area contributed by atoms with Crippen LogP contribution in [0.1, 0.15) is 18.4 Å². The van der Waals surface area contributed by atoms with E-state index in [1.54, 1.807) is 13.0 Å².